The zero-order valence-corrected chi connectivity index (χ0v) is 20.1. The summed E-state index contributed by atoms with van der Waals surface area (Å²) >= 11 is 0. The number of nitrogens with two attached hydrogens (primary N) is 1. The Hall–Kier alpha value is -3.14. The number of rotatable bonds is 8. The quantitative estimate of drug-likeness (QED) is 0.302. The summed E-state index contributed by atoms with van der Waals surface area (Å²) in [5.41, 5.74) is 12.1. The average molecular weight is 423 g/mol. The van der Waals surface area contributed by atoms with Crippen LogP contribution in [0.1, 0.15) is 47.1 Å². The van der Waals surface area contributed by atoms with Crippen molar-refractivity contribution in [1.29, 1.82) is 0 Å². The minimum Gasteiger partial charge on any atom is -0.508 e. The van der Waals surface area contributed by atoms with Crippen molar-refractivity contribution in [2.45, 2.75) is 48.0 Å². The fourth-order valence-corrected chi connectivity index (χ4v) is 2.78. The molecule has 0 spiro atoms. The second-order valence-electron chi connectivity index (χ2n) is 7.50. The van der Waals surface area contributed by atoms with Crippen LogP contribution >= 0.6 is 0 Å². The van der Waals surface area contributed by atoms with Crippen LogP contribution in [0.2, 0.25) is 0 Å². The van der Waals surface area contributed by atoms with E-state index >= 15 is 0 Å². The number of ketones is 1. The fraction of sp³-hybridized carbons (Fsp3) is 0.333. The fourth-order valence-electron chi connectivity index (χ4n) is 2.78. The van der Waals surface area contributed by atoms with E-state index in [1.165, 1.54) is 12.5 Å². The maximum absolute atomic E-state index is 11.7. The molecular weight excluding hydrogens is 384 g/mol. The Bertz CT molecular complexity index is 882. The van der Waals surface area contributed by atoms with Gasteiger partial charge in [0.05, 0.1) is 0 Å². The molecule has 0 bridgehead atoms. The number of hydrogen-bond acceptors (Lipinski definition) is 4. The summed E-state index contributed by atoms with van der Waals surface area (Å²) < 4.78 is 0. The number of allylic oxidation sites excluding steroid dienone is 7. The van der Waals surface area contributed by atoms with E-state index in [0.717, 1.165) is 28.9 Å². The number of phenolic OH excluding ortho intramolecular Hbond substituents is 1. The number of aromatic hydroxyl groups is 1. The van der Waals surface area contributed by atoms with Crippen LogP contribution in [0.15, 0.2) is 88.6 Å². The largest absolute Gasteiger partial charge is 0.508 e. The van der Waals surface area contributed by atoms with E-state index in [2.05, 4.69) is 25.1 Å². The van der Waals surface area contributed by atoms with Crippen molar-refractivity contribution in [3.8, 4) is 5.75 Å². The summed E-state index contributed by atoms with van der Waals surface area (Å²) in [5.74, 6) is 0.366. The highest BCUT2D eigenvalue weighted by Crippen LogP contribution is 2.16. The molecule has 4 heteroatoms. The highest BCUT2D eigenvalue weighted by molar-refractivity contribution is 6.07. The summed E-state index contributed by atoms with van der Waals surface area (Å²) in [4.78, 5) is 16.0. The Kier molecular flexibility index (Phi) is 12.6. The van der Waals surface area contributed by atoms with E-state index in [0.29, 0.717) is 17.0 Å². The Labute approximate surface area is 188 Å². The van der Waals surface area contributed by atoms with Crippen molar-refractivity contribution < 1.29 is 9.90 Å². The molecule has 0 aromatic heterocycles. The Morgan fingerprint density at radius 3 is 2.13 bits per heavy atom. The van der Waals surface area contributed by atoms with Crippen LogP contribution in [0.3, 0.4) is 0 Å². The first-order valence-electron chi connectivity index (χ1n) is 10.4. The zero-order chi connectivity index (χ0) is 24.1. The molecule has 1 aromatic rings. The third kappa shape index (κ3) is 9.94. The maximum Gasteiger partial charge on any atom is 0.160 e. The van der Waals surface area contributed by atoms with Crippen LogP contribution in [0.25, 0.3) is 0 Å². The minimum atomic E-state index is -0.0107. The Morgan fingerprint density at radius 1 is 1.19 bits per heavy atom. The van der Waals surface area contributed by atoms with Gasteiger partial charge in [0.25, 0.3) is 0 Å². The zero-order valence-electron chi connectivity index (χ0n) is 20.1. The summed E-state index contributed by atoms with van der Waals surface area (Å²) in [6.45, 7) is 18.9. The van der Waals surface area contributed by atoms with Crippen LogP contribution in [0.4, 0.5) is 0 Å². The summed E-state index contributed by atoms with van der Waals surface area (Å²) in [6.07, 6.45) is 6.61. The maximum atomic E-state index is 11.7. The molecule has 0 saturated heterocycles. The predicted molar refractivity (Wildman–Crippen MR) is 134 cm³/mol. The van der Waals surface area contributed by atoms with E-state index in [1.54, 1.807) is 31.3 Å². The van der Waals surface area contributed by atoms with Gasteiger partial charge < -0.3 is 10.8 Å². The van der Waals surface area contributed by atoms with Crippen LogP contribution in [0.5, 0.6) is 5.75 Å². The molecule has 1 atom stereocenters. The first kappa shape index (κ1) is 27.9. The number of Topliss-reactive ketones (excluding diaryl/α,β-unsaturated/α-hetero) is 1. The molecule has 0 aliphatic carbocycles. The molecule has 0 saturated carbocycles. The van der Waals surface area contributed by atoms with E-state index in [1.807, 2.05) is 45.9 Å². The molecule has 0 heterocycles. The summed E-state index contributed by atoms with van der Waals surface area (Å²) in [5, 5.41) is 8.85. The molecule has 0 radical (unpaired) electrons. The van der Waals surface area contributed by atoms with Gasteiger partial charge in [0, 0.05) is 29.9 Å². The Morgan fingerprint density at radius 2 is 1.74 bits per heavy atom. The van der Waals surface area contributed by atoms with Gasteiger partial charge in [-0.3, -0.25) is 9.79 Å². The highest BCUT2D eigenvalue weighted by atomic mass is 16.3. The van der Waals surface area contributed by atoms with Crippen LogP contribution in [-0.4, -0.2) is 23.6 Å². The lowest BCUT2D eigenvalue weighted by Crippen LogP contribution is -2.11. The predicted octanol–water partition coefficient (Wildman–Crippen LogP) is 6.10. The number of phenols is 1. The third-order valence-corrected chi connectivity index (χ3v) is 4.86. The van der Waals surface area contributed by atoms with E-state index in [4.69, 9.17) is 10.8 Å². The van der Waals surface area contributed by atoms with Gasteiger partial charge in [-0.2, -0.15) is 0 Å². The number of carbonyl (C=O) groups excluding carboxylic acids is 1. The van der Waals surface area contributed by atoms with E-state index in [9.17, 15) is 4.79 Å². The minimum absolute atomic E-state index is 0.0107. The molecule has 0 fully saturated rings. The van der Waals surface area contributed by atoms with Gasteiger partial charge in [-0.1, -0.05) is 51.3 Å². The molecule has 0 aliphatic rings. The number of benzene rings is 1. The standard InChI is InChI=1S/C19H28N2O.C8H10O/c1-9-13(4)19(20)15(6)10-14(5)18(21-8)11-17(12(2)3)16(7)22;1-2-7-3-5-8(9)6-4-7/h9-11,14H,1-2,20H2,3-8H3;3-6,9H,2H2,1H3/b15-10-,17-11+,19-13+,21-18?;. The smallest absolute Gasteiger partial charge is 0.160 e. The third-order valence-electron chi connectivity index (χ3n) is 4.86. The summed E-state index contributed by atoms with van der Waals surface area (Å²) in [6, 6.07) is 7.27. The summed E-state index contributed by atoms with van der Waals surface area (Å²) in [7, 11) is 1.72. The van der Waals surface area contributed by atoms with Gasteiger partial charge in [-0.05, 0) is 74.6 Å². The Balaban J connectivity index is 0.000000823. The molecule has 0 aliphatic heterocycles. The number of hydrogen-bond donors (Lipinski definition) is 2. The lowest BCUT2D eigenvalue weighted by Gasteiger charge is -2.12. The average Bonchev–Trinajstić information content (AvgIpc) is 2.73. The first-order valence-corrected chi connectivity index (χ1v) is 10.4. The van der Waals surface area contributed by atoms with Crippen molar-refractivity contribution in [3.05, 3.63) is 89.2 Å². The number of aliphatic imine (C=N–C) groups is 1. The van der Waals surface area contributed by atoms with Crippen molar-refractivity contribution in [3.63, 3.8) is 0 Å². The second kappa shape index (κ2) is 14.0. The number of carbonyl (C=O) groups is 1. The van der Waals surface area contributed by atoms with Crippen LogP contribution in [0, 0.1) is 5.92 Å². The molecule has 4 nitrogen and oxygen atoms in total. The lowest BCUT2D eigenvalue weighted by molar-refractivity contribution is -0.113. The molecule has 1 aromatic carbocycles. The van der Waals surface area contributed by atoms with Gasteiger partial charge in [0.1, 0.15) is 5.75 Å². The molecule has 168 valence electrons. The van der Waals surface area contributed by atoms with Gasteiger partial charge in [-0.15, -0.1) is 0 Å². The first-order chi connectivity index (χ1) is 14.5. The van der Waals surface area contributed by atoms with Gasteiger partial charge in [0.2, 0.25) is 0 Å². The molecule has 3 N–H and O–H groups in total. The van der Waals surface area contributed by atoms with Crippen molar-refractivity contribution in [2.75, 3.05) is 7.05 Å². The normalized spacial score (nSPS) is 14.1. The molecule has 31 heavy (non-hydrogen) atoms. The highest BCUT2D eigenvalue weighted by Gasteiger charge is 2.11. The lowest BCUT2D eigenvalue weighted by atomic mass is 9.95. The molecule has 0 amide bonds. The molecule has 1 unspecified atom stereocenters. The van der Waals surface area contributed by atoms with Crippen molar-refractivity contribution in [1.82, 2.24) is 0 Å². The topological polar surface area (TPSA) is 75.7 Å². The molecular formula is C27H38N2O2. The second-order valence-corrected chi connectivity index (χ2v) is 7.50. The van der Waals surface area contributed by atoms with Crippen LogP contribution < -0.4 is 5.73 Å². The number of aryl methyl sites for hydroxylation is 1. The van der Waals surface area contributed by atoms with Crippen LogP contribution in [-0.2, 0) is 11.2 Å². The number of nitrogens with zero attached hydrogens (tertiary/aromatic N) is 1. The SMILES string of the molecule is C=C/C(C)=C(N)\C(C)=C/C(C)C(/C=C(\C(=C)C)C(C)=O)=NC.CCc1ccc(O)cc1. The van der Waals surface area contributed by atoms with Gasteiger partial charge in [-0.25, -0.2) is 0 Å². The monoisotopic (exact) mass is 422 g/mol. The van der Waals surface area contributed by atoms with Crippen molar-refractivity contribution >= 4 is 11.5 Å². The molecule has 1 rings (SSSR count). The van der Waals surface area contributed by atoms with Crippen molar-refractivity contribution in [2.24, 2.45) is 16.6 Å². The van der Waals surface area contributed by atoms with Gasteiger partial charge in [0.15, 0.2) is 5.78 Å². The van der Waals surface area contributed by atoms with E-state index < -0.39 is 0 Å². The van der Waals surface area contributed by atoms with Gasteiger partial charge >= 0.3 is 0 Å². The van der Waals surface area contributed by atoms with E-state index in [-0.39, 0.29) is 11.7 Å².